The molecule has 13 heavy (non-hydrogen) atoms. The molecule has 0 amide bonds. The van der Waals surface area contributed by atoms with Crippen molar-refractivity contribution < 1.29 is 12.3 Å². The summed E-state index contributed by atoms with van der Waals surface area (Å²) < 4.78 is 32.9. The third kappa shape index (κ3) is 3.87. The van der Waals surface area contributed by atoms with Crippen molar-refractivity contribution in [2.45, 2.75) is 25.5 Å². The van der Waals surface area contributed by atoms with Crippen molar-refractivity contribution in [3.63, 3.8) is 0 Å². The van der Waals surface area contributed by atoms with E-state index in [0.717, 1.165) is 17.7 Å². The van der Waals surface area contributed by atoms with Gasteiger partial charge in [0, 0.05) is 9.75 Å². The van der Waals surface area contributed by atoms with Crippen LogP contribution in [0.2, 0.25) is 0 Å². The van der Waals surface area contributed by atoms with Crippen LogP contribution in [-0.2, 0) is 22.4 Å². The Labute approximate surface area is 81.6 Å². The maximum atomic E-state index is 12.2. The summed E-state index contributed by atoms with van der Waals surface area (Å²) in [6.07, 6.45) is 1.94. The highest BCUT2D eigenvalue weighted by atomic mass is 32.3. The quantitative estimate of drug-likeness (QED) is 0.733. The molecule has 1 rings (SSSR count). The Balaban J connectivity index is 2.69. The van der Waals surface area contributed by atoms with Crippen molar-refractivity contribution in [1.29, 1.82) is 0 Å². The lowest BCUT2D eigenvalue weighted by atomic mass is 10.3. The Morgan fingerprint density at radius 1 is 1.38 bits per heavy atom. The van der Waals surface area contributed by atoms with Crippen LogP contribution in [0, 0.1) is 0 Å². The molecule has 1 heterocycles. The van der Waals surface area contributed by atoms with Crippen molar-refractivity contribution in [3.8, 4) is 0 Å². The van der Waals surface area contributed by atoms with Gasteiger partial charge < -0.3 is 0 Å². The molecular formula is C8H11FO2S2. The van der Waals surface area contributed by atoms with E-state index >= 15 is 0 Å². The van der Waals surface area contributed by atoms with Gasteiger partial charge in [0.25, 0.3) is 0 Å². The number of aryl methyl sites for hydroxylation is 1. The Kier molecular flexibility index (Phi) is 3.44. The summed E-state index contributed by atoms with van der Waals surface area (Å²) in [5.74, 6) is -0.485. The number of hydrogen-bond acceptors (Lipinski definition) is 3. The van der Waals surface area contributed by atoms with Crippen LogP contribution in [0.3, 0.4) is 0 Å². The van der Waals surface area contributed by atoms with E-state index in [4.69, 9.17) is 0 Å². The highest BCUT2D eigenvalue weighted by Gasteiger charge is 2.10. The monoisotopic (exact) mass is 222 g/mol. The molecule has 0 aromatic carbocycles. The second-order valence-electron chi connectivity index (χ2n) is 2.80. The molecule has 0 atom stereocenters. The van der Waals surface area contributed by atoms with Crippen LogP contribution in [0.25, 0.3) is 0 Å². The lowest BCUT2D eigenvalue weighted by Gasteiger charge is -1.90. The first-order valence-electron chi connectivity index (χ1n) is 4.01. The van der Waals surface area contributed by atoms with Crippen LogP contribution < -0.4 is 0 Å². The predicted molar refractivity (Wildman–Crippen MR) is 52.0 cm³/mol. The summed E-state index contributed by atoms with van der Waals surface area (Å²) in [6, 6.07) is 3.53. The molecule has 5 heteroatoms. The van der Waals surface area contributed by atoms with Crippen LogP contribution in [0.15, 0.2) is 12.1 Å². The molecule has 0 aliphatic carbocycles. The van der Waals surface area contributed by atoms with Crippen LogP contribution in [-0.4, -0.2) is 8.42 Å². The van der Waals surface area contributed by atoms with Crippen LogP contribution in [0.1, 0.15) is 23.1 Å². The lowest BCUT2D eigenvalue weighted by Crippen LogP contribution is -1.92. The van der Waals surface area contributed by atoms with Gasteiger partial charge in [-0.2, -0.15) is 8.42 Å². The van der Waals surface area contributed by atoms with Crippen LogP contribution in [0.4, 0.5) is 3.89 Å². The molecular weight excluding hydrogens is 211 g/mol. The first kappa shape index (κ1) is 10.7. The van der Waals surface area contributed by atoms with Crippen molar-refractivity contribution >= 4 is 21.6 Å². The standard InChI is InChI=1S/C8H11FO2S2/c1-2-3-7-4-5-8(12-7)6-13(9,10)11/h4-5H,2-3,6H2,1H3. The third-order valence-corrected chi connectivity index (χ3v) is 3.51. The Morgan fingerprint density at radius 2 is 2.00 bits per heavy atom. The zero-order chi connectivity index (χ0) is 9.90. The first-order chi connectivity index (χ1) is 6.01. The minimum Gasteiger partial charge on any atom is -0.194 e. The van der Waals surface area contributed by atoms with Gasteiger partial charge in [-0.1, -0.05) is 13.3 Å². The van der Waals surface area contributed by atoms with Gasteiger partial charge >= 0.3 is 10.2 Å². The SMILES string of the molecule is CCCc1ccc(CS(=O)(=O)F)s1. The number of halogens is 1. The predicted octanol–water partition coefficient (Wildman–Crippen LogP) is 2.50. The molecule has 2 nitrogen and oxygen atoms in total. The fraction of sp³-hybridized carbons (Fsp3) is 0.500. The second-order valence-corrected chi connectivity index (χ2v) is 5.42. The Bertz CT molecular complexity index is 367. The van der Waals surface area contributed by atoms with Crippen LogP contribution in [0.5, 0.6) is 0 Å². The summed E-state index contributed by atoms with van der Waals surface area (Å²) >= 11 is 1.37. The molecule has 0 fully saturated rings. The summed E-state index contributed by atoms with van der Waals surface area (Å²) in [7, 11) is -4.37. The van der Waals surface area contributed by atoms with Crippen molar-refractivity contribution in [1.82, 2.24) is 0 Å². The third-order valence-electron chi connectivity index (χ3n) is 1.53. The molecule has 0 saturated heterocycles. The number of rotatable bonds is 4. The molecule has 0 radical (unpaired) electrons. The molecule has 0 aliphatic heterocycles. The van der Waals surface area contributed by atoms with Crippen molar-refractivity contribution in [2.75, 3.05) is 0 Å². The van der Waals surface area contributed by atoms with Gasteiger partial charge in [0.15, 0.2) is 0 Å². The molecule has 0 unspecified atom stereocenters. The van der Waals surface area contributed by atoms with E-state index in [0.29, 0.717) is 4.88 Å². The fourth-order valence-corrected chi connectivity index (χ4v) is 3.06. The Hall–Kier alpha value is -0.420. The first-order valence-corrected chi connectivity index (χ1v) is 6.38. The zero-order valence-corrected chi connectivity index (χ0v) is 8.92. The minimum absolute atomic E-state index is 0.485. The molecule has 0 spiro atoms. The van der Waals surface area contributed by atoms with Gasteiger partial charge in [0.2, 0.25) is 0 Å². The Morgan fingerprint density at radius 3 is 2.54 bits per heavy atom. The average molecular weight is 222 g/mol. The van der Waals surface area contributed by atoms with E-state index < -0.39 is 16.0 Å². The van der Waals surface area contributed by atoms with Crippen LogP contribution >= 0.6 is 11.3 Å². The largest absolute Gasteiger partial charge is 0.307 e. The summed E-state index contributed by atoms with van der Waals surface area (Å²) in [4.78, 5) is 1.69. The molecule has 0 saturated carbocycles. The van der Waals surface area contributed by atoms with Gasteiger partial charge in [-0.05, 0) is 18.6 Å². The fourth-order valence-electron chi connectivity index (χ4n) is 1.05. The molecule has 0 bridgehead atoms. The molecule has 0 N–H and O–H groups in total. The van der Waals surface area contributed by atoms with Crippen molar-refractivity contribution in [3.05, 3.63) is 21.9 Å². The number of thiophene rings is 1. The summed E-state index contributed by atoms with van der Waals surface area (Å²) in [5, 5.41) is 0. The highest BCUT2D eigenvalue weighted by Crippen LogP contribution is 2.20. The summed E-state index contributed by atoms with van der Waals surface area (Å²) in [6.45, 7) is 2.05. The van der Waals surface area contributed by atoms with Gasteiger partial charge in [0.05, 0.1) is 0 Å². The van der Waals surface area contributed by atoms with Gasteiger partial charge in [-0.25, -0.2) is 0 Å². The van der Waals surface area contributed by atoms with E-state index in [1.807, 2.05) is 13.0 Å². The molecule has 1 aromatic heterocycles. The minimum atomic E-state index is -4.37. The van der Waals surface area contributed by atoms with Gasteiger partial charge in [-0.15, -0.1) is 15.2 Å². The molecule has 0 aliphatic rings. The van der Waals surface area contributed by atoms with E-state index in [1.54, 1.807) is 6.07 Å². The summed E-state index contributed by atoms with van der Waals surface area (Å²) in [5.41, 5.74) is 0. The van der Waals surface area contributed by atoms with E-state index in [1.165, 1.54) is 11.3 Å². The van der Waals surface area contributed by atoms with E-state index in [9.17, 15) is 12.3 Å². The van der Waals surface area contributed by atoms with Gasteiger partial charge in [-0.3, -0.25) is 0 Å². The van der Waals surface area contributed by atoms with E-state index in [2.05, 4.69) is 0 Å². The molecule has 74 valence electrons. The topological polar surface area (TPSA) is 34.1 Å². The average Bonchev–Trinajstić information content (AvgIpc) is 2.33. The maximum Gasteiger partial charge on any atom is 0.307 e. The van der Waals surface area contributed by atoms with Gasteiger partial charge in [0.1, 0.15) is 5.75 Å². The highest BCUT2D eigenvalue weighted by molar-refractivity contribution is 7.85. The second kappa shape index (κ2) is 4.19. The maximum absolute atomic E-state index is 12.2. The van der Waals surface area contributed by atoms with E-state index in [-0.39, 0.29) is 0 Å². The van der Waals surface area contributed by atoms with Crippen molar-refractivity contribution in [2.24, 2.45) is 0 Å². The normalized spacial score (nSPS) is 11.8. The molecule has 1 aromatic rings. The number of hydrogen-bond donors (Lipinski definition) is 0. The zero-order valence-electron chi connectivity index (χ0n) is 7.29. The smallest absolute Gasteiger partial charge is 0.194 e. The lowest BCUT2D eigenvalue weighted by molar-refractivity contribution is 0.551.